The smallest absolute Gasteiger partial charge is 0.433 e. The van der Waals surface area contributed by atoms with E-state index in [1.807, 2.05) is 0 Å². The molecule has 0 atom stereocenters. The highest BCUT2D eigenvalue weighted by atomic mass is 19.4. The highest BCUT2D eigenvalue weighted by molar-refractivity contribution is 5.75. The van der Waals surface area contributed by atoms with Crippen LogP contribution in [0.25, 0.3) is 11.1 Å². The lowest BCUT2D eigenvalue weighted by atomic mass is 10.0. The number of halogens is 4. The van der Waals surface area contributed by atoms with Crippen LogP contribution in [0, 0.1) is 5.82 Å². The molecule has 3 nitrogen and oxygen atoms in total. The van der Waals surface area contributed by atoms with E-state index in [1.165, 1.54) is 18.2 Å². The molecule has 7 heteroatoms. The highest BCUT2D eigenvalue weighted by Gasteiger charge is 2.33. The van der Waals surface area contributed by atoms with Crippen LogP contribution in [0.1, 0.15) is 11.4 Å². The average molecular weight is 299 g/mol. The lowest BCUT2D eigenvalue weighted by molar-refractivity contribution is -0.142. The van der Waals surface area contributed by atoms with Crippen molar-refractivity contribution in [1.29, 1.82) is 0 Å². The van der Waals surface area contributed by atoms with Gasteiger partial charge in [-0.25, -0.2) is 9.37 Å². The van der Waals surface area contributed by atoms with E-state index in [9.17, 15) is 22.4 Å². The summed E-state index contributed by atoms with van der Waals surface area (Å²) in [7, 11) is 0. The van der Waals surface area contributed by atoms with E-state index < -0.39 is 30.1 Å². The molecule has 0 aliphatic heterocycles. The molecule has 0 saturated carbocycles. The molecule has 110 valence electrons. The summed E-state index contributed by atoms with van der Waals surface area (Å²) in [6, 6.07) is 6.98. The standard InChI is InChI=1S/C14H9F4NO2/c15-9-3-1-2-8(6-9)10-4-5-12(14(16,17)18)19-11(10)7-13(20)21/h1-6H,7H2,(H,20,21). The van der Waals surface area contributed by atoms with Gasteiger partial charge >= 0.3 is 12.1 Å². The predicted octanol–water partition coefficient (Wildman–Crippen LogP) is 3.53. The van der Waals surface area contributed by atoms with Gasteiger partial charge in [0, 0.05) is 5.56 Å². The number of aromatic nitrogens is 1. The molecule has 0 radical (unpaired) electrons. The molecular formula is C14H9F4NO2. The summed E-state index contributed by atoms with van der Waals surface area (Å²) in [5.74, 6) is -1.90. The molecule has 2 rings (SSSR count). The third-order valence-corrected chi connectivity index (χ3v) is 2.72. The summed E-state index contributed by atoms with van der Waals surface area (Å²) in [5, 5.41) is 8.79. The van der Waals surface area contributed by atoms with Gasteiger partial charge < -0.3 is 5.11 Å². The number of carbonyl (C=O) groups is 1. The topological polar surface area (TPSA) is 50.2 Å². The van der Waals surface area contributed by atoms with Crippen LogP contribution in [0.2, 0.25) is 0 Å². The predicted molar refractivity (Wildman–Crippen MR) is 66.0 cm³/mol. The molecular weight excluding hydrogens is 290 g/mol. The number of aliphatic carboxylic acids is 1. The average Bonchev–Trinajstić information content (AvgIpc) is 2.36. The lowest BCUT2D eigenvalue weighted by Gasteiger charge is -2.12. The van der Waals surface area contributed by atoms with Crippen LogP contribution >= 0.6 is 0 Å². The Morgan fingerprint density at radius 3 is 2.48 bits per heavy atom. The van der Waals surface area contributed by atoms with Gasteiger partial charge in [-0.3, -0.25) is 4.79 Å². The molecule has 1 aromatic heterocycles. The first-order valence-electron chi connectivity index (χ1n) is 5.82. The fraction of sp³-hybridized carbons (Fsp3) is 0.143. The van der Waals surface area contributed by atoms with Gasteiger partial charge in [0.05, 0.1) is 12.1 Å². The molecule has 1 aromatic carbocycles. The van der Waals surface area contributed by atoms with Gasteiger partial charge in [-0.05, 0) is 23.8 Å². The summed E-state index contributed by atoms with van der Waals surface area (Å²) in [6.07, 6.45) is -5.36. The van der Waals surface area contributed by atoms with Crippen molar-refractivity contribution in [2.24, 2.45) is 0 Å². The number of carboxylic acid groups (broad SMARTS) is 1. The zero-order valence-electron chi connectivity index (χ0n) is 10.5. The van der Waals surface area contributed by atoms with Crippen molar-refractivity contribution >= 4 is 5.97 Å². The molecule has 0 saturated heterocycles. The summed E-state index contributed by atoms with van der Waals surface area (Å²) >= 11 is 0. The zero-order valence-corrected chi connectivity index (χ0v) is 10.5. The Labute approximate surface area is 116 Å². The van der Waals surface area contributed by atoms with Crippen molar-refractivity contribution in [3.05, 3.63) is 53.6 Å². The van der Waals surface area contributed by atoms with Crippen molar-refractivity contribution in [3.8, 4) is 11.1 Å². The molecule has 1 heterocycles. The largest absolute Gasteiger partial charge is 0.481 e. The van der Waals surface area contributed by atoms with Crippen molar-refractivity contribution in [3.63, 3.8) is 0 Å². The number of benzene rings is 1. The van der Waals surface area contributed by atoms with Gasteiger partial charge in [-0.1, -0.05) is 18.2 Å². The third-order valence-electron chi connectivity index (χ3n) is 2.72. The Morgan fingerprint density at radius 1 is 1.19 bits per heavy atom. The maximum atomic E-state index is 13.2. The Hall–Kier alpha value is -2.44. The fourth-order valence-electron chi connectivity index (χ4n) is 1.86. The molecule has 0 bridgehead atoms. The van der Waals surface area contributed by atoms with E-state index in [4.69, 9.17) is 5.11 Å². The van der Waals surface area contributed by atoms with Gasteiger partial charge in [0.15, 0.2) is 0 Å². The number of alkyl halides is 3. The van der Waals surface area contributed by atoms with Crippen LogP contribution < -0.4 is 0 Å². The summed E-state index contributed by atoms with van der Waals surface area (Å²) in [4.78, 5) is 14.1. The SMILES string of the molecule is O=C(O)Cc1nc(C(F)(F)F)ccc1-c1cccc(F)c1. The third kappa shape index (κ3) is 3.56. The summed E-state index contributed by atoms with van der Waals surface area (Å²) < 4.78 is 51.1. The summed E-state index contributed by atoms with van der Waals surface area (Å²) in [6.45, 7) is 0. The van der Waals surface area contributed by atoms with Crippen molar-refractivity contribution in [2.75, 3.05) is 0 Å². The number of nitrogens with zero attached hydrogens (tertiary/aromatic N) is 1. The maximum Gasteiger partial charge on any atom is 0.433 e. The number of pyridine rings is 1. The molecule has 2 aromatic rings. The van der Waals surface area contributed by atoms with Crippen LogP contribution in [0.3, 0.4) is 0 Å². The van der Waals surface area contributed by atoms with Gasteiger partial charge in [0.25, 0.3) is 0 Å². The van der Waals surface area contributed by atoms with E-state index in [0.29, 0.717) is 0 Å². The van der Waals surface area contributed by atoms with E-state index in [0.717, 1.165) is 18.2 Å². The van der Waals surface area contributed by atoms with Gasteiger partial charge in [-0.15, -0.1) is 0 Å². The quantitative estimate of drug-likeness (QED) is 0.882. The second-order valence-electron chi connectivity index (χ2n) is 4.27. The van der Waals surface area contributed by atoms with Crippen LogP contribution in [0.15, 0.2) is 36.4 Å². The monoisotopic (exact) mass is 299 g/mol. The molecule has 0 fully saturated rings. The first-order chi connectivity index (χ1) is 9.77. The maximum absolute atomic E-state index is 13.2. The van der Waals surface area contributed by atoms with Crippen LogP contribution in [0.4, 0.5) is 17.6 Å². The van der Waals surface area contributed by atoms with E-state index in [-0.39, 0.29) is 16.8 Å². The molecule has 1 N–H and O–H groups in total. The first kappa shape index (κ1) is 15.0. The van der Waals surface area contributed by atoms with Gasteiger partial charge in [-0.2, -0.15) is 13.2 Å². The molecule has 0 spiro atoms. The molecule has 0 aliphatic rings. The highest BCUT2D eigenvalue weighted by Crippen LogP contribution is 2.31. The van der Waals surface area contributed by atoms with Crippen molar-refractivity contribution in [1.82, 2.24) is 4.98 Å². The van der Waals surface area contributed by atoms with Gasteiger partial charge in [0.2, 0.25) is 0 Å². The molecule has 0 aliphatic carbocycles. The van der Waals surface area contributed by atoms with E-state index >= 15 is 0 Å². The van der Waals surface area contributed by atoms with Crippen LogP contribution in [-0.2, 0) is 17.4 Å². The van der Waals surface area contributed by atoms with E-state index in [2.05, 4.69) is 4.98 Å². The summed E-state index contributed by atoms with van der Waals surface area (Å²) in [5.41, 5.74) is -1.01. The molecule has 0 amide bonds. The van der Waals surface area contributed by atoms with E-state index in [1.54, 1.807) is 0 Å². The normalized spacial score (nSPS) is 11.4. The van der Waals surface area contributed by atoms with Crippen LogP contribution in [-0.4, -0.2) is 16.1 Å². The first-order valence-corrected chi connectivity index (χ1v) is 5.82. The Bertz CT molecular complexity index is 683. The minimum absolute atomic E-state index is 0.157. The number of hydrogen-bond acceptors (Lipinski definition) is 2. The van der Waals surface area contributed by atoms with Gasteiger partial charge in [0.1, 0.15) is 11.5 Å². The second kappa shape index (κ2) is 5.51. The Balaban J connectivity index is 2.57. The number of hydrogen-bond donors (Lipinski definition) is 1. The Morgan fingerprint density at radius 2 is 1.90 bits per heavy atom. The lowest BCUT2D eigenvalue weighted by Crippen LogP contribution is -2.12. The minimum Gasteiger partial charge on any atom is -0.481 e. The van der Waals surface area contributed by atoms with Crippen LogP contribution in [0.5, 0.6) is 0 Å². The Kier molecular flexibility index (Phi) is 3.93. The van der Waals surface area contributed by atoms with Crippen molar-refractivity contribution < 1.29 is 27.5 Å². The van der Waals surface area contributed by atoms with Crippen molar-refractivity contribution in [2.45, 2.75) is 12.6 Å². The second-order valence-corrected chi connectivity index (χ2v) is 4.27. The molecule has 0 unspecified atom stereocenters. The number of carboxylic acids is 1. The number of rotatable bonds is 3. The minimum atomic E-state index is -4.67. The zero-order chi connectivity index (χ0) is 15.6. The molecule has 21 heavy (non-hydrogen) atoms. The fourth-order valence-corrected chi connectivity index (χ4v) is 1.86.